The van der Waals surface area contributed by atoms with E-state index in [0.29, 0.717) is 18.0 Å². The lowest BCUT2D eigenvalue weighted by Crippen LogP contribution is -2.23. The standard InChI is InChI=1S/C17H19N5O2/c1-17(2,3)12-8-10(19-20-12)9-7-13(23)18-16-14(9)15(21-22-16)11-5-4-6-24-11/h4-6,8-9H,7H2,1-3H3,(H,19,20)(H2,18,21,22,23). The third-order valence-corrected chi connectivity index (χ3v) is 4.31. The second-order valence-corrected chi connectivity index (χ2v) is 7.10. The van der Waals surface area contributed by atoms with Crippen LogP contribution in [-0.4, -0.2) is 26.3 Å². The highest BCUT2D eigenvalue weighted by Crippen LogP contribution is 2.41. The van der Waals surface area contributed by atoms with Crippen molar-refractivity contribution in [1.82, 2.24) is 20.4 Å². The van der Waals surface area contributed by atoms with E-state index in [0.717, 1.165) is 22.6 Å². The first-order chi connectivity index (χ1) is 11.4. The minimum absolute atomic E-state index is 0.0584. The molecule has 0 radical (unpaired) electrons. The van der Waals surface area contributed by atoms with Crippen LogP contribution in [0.5, 0.6) is 0 Å². The summed E-state index contributed by atoms with van der Waals surface area (Å²) in [6.45, 7) is 6.33. The lowest BCUT2D eigenvalue weighted by atomic mass is 9.86. The maximum absolute atomic E-state index is 12.1. The summed E-state index contributed by atoms with van der Waals surface area (Å²) in [7, 11) is 0. The van der Waals surface area contributed by atoms with E-state index in [1.165, 1.54) is 0 Å². The van der Waals surface area contributed by atoms with Gasteiger partial charge in [0.05, 0.1) is 12.0 Å². The second-order valence-electron chi connectivity index (χ2n) is 7.10. The number of nitrogens with zero attached hydrogens (tertiary/aromatic N) is 2. The Morgan fingerprint density at radius 2 is 2.08 bits per heavy atom. The van der Waals surface area contributed by atoms with E-state index in [9.17, 15) is 4.79 Å². The van der Waals surface area contributed by atoms with Gasteiger partial charge in [0.25, 0.3) is 0 Å². The molecule has 4 heterocycles. The Hall–Kier alpha value is -2.83. The van der Waals surface area contributed by atoms with Crippen molar-refractivity contribution >= 4 is 11.7 Å². The molecule has 3 N–H and O–H groups in total. The maximum Gasteiger partial charge on any atom is 0.226 e. The lowest BCUT2D eigenvalue weighted by Gasteiger charge is -2.21. The number of amides is 1. The quantitative estimate of drug-likeness (QED) is 0.674. The van der Waals surface area contributed by atoms with Gasteiger partial charge in [0.2, 0.25) is 5.91 Å². The van der Waals surface area contributed by atoms with E-state index in [-0.39, 0.29) is 17.2 Å². The molecule has 124 valence electrons. The molecule has 4 rings (SSSR count). The normalized spacial score (nSPS) is 17.6. The molecule has 1 unspecified atom stereocenters. The van der Waals surface area contributed by atoms with Crippen LogP contribution in [0.3, 0.4) is 0 Å². The van der Waals surface area contributed by atoms with Crippen LogP contribution in [-0.2, 0) is 10.2 Å². The number of H-pyrrole nitrogens is 2. The monoisotopic (exact) mass is 325 g/mol. The van der Waals surface area contributed by atoms with Gasteiger partial charge < -0.3 is 9.73 Å². The number of hydrogen-bond acceptors (Lipinski definition) is 4. The Morgan fingerprint density at radius 3 is 2.75 bits per heavy atom. The van der Waals surface area contributed by atoms with Crippen LogP contribution in [0.2, 0.25) is 0 Å². The average Bonchev–Trinajstić information content (AvgIpc) is 3.25. The van der Waals surface area contributed by atoms with Crippen molar-refractivity contribution in [3.05, 3.63) is 41.4 Å². The van der Waals surface area contributed by atoms with Crippen LogP contribution >= 0.6 is 0 Å². The lowest BCUT2D eigenvalue weighted by molar-refractivity contribution is -0.116. The predicted octanol–water partition coefficient (Wildman–Crippen LogP) is 3.16. The molecule has 0 fully saturated rings. The van der Waals surface area contributed by atoms with Crippen molar-refractivity contribution in [2.24, 2.45) is 0 Å². The average molecular weight is 325 g/mol. The molecule has 0 bridgehead atoms. The topological polar surface area (TPSA) is 99.6 Å². The third kappa shape index (κ3) is 2.33. The van der Waals surface area contributed by atoms with E-state index in [1.54, 1.807) is 6.26 Å². The SMILES string of the molecule is CC(C)(C)c1cc(C2CC(=O)Nc3n[nH]c(-c4ccco4)c32)[nH]n1. The number of furan rings is 1. The summed E-state index contributed by atoms with van der Waals surface area (Å²) in [5.74, 6) is 1.04. The van der Waals surface area contributed by atoms with Gasteiger partial charge in [0, 0.05) is 29.0 Å². The van der Waals surface area contributed by atoms with Gasteiger partial charge in [-0.1, -0.05) is 20.8 Å². The highest BCUT2D eigenvalue weighted by molar-refractivity contribution is 5.95. The minimum Gasteiger partial charge on any atom is -0.463 e. The minimum atomic E-state index is -0.142. The first kappa shape index (κ1) is 14.7. The van der Waals surface area contributed by atoms with Gasteiger partial charge in [0.1, 0.15) is 5.69 Å². The van der Waals surface area contributed by atoms with Crippen molar-refractivity contribution in [3.63, 3.8) is 0 Å². The van der Waals surface area contributed by atoms with Gasteiger partial charge >= 0.3 is 0 Å². The molecule has 1 atom stereocenters. The van der Waals surface area contributed by atoms with Crippen LogP contribution in [0.4, 0.5) is 5.82 Å². The fourth-order valence-corrected chi connectivity index (χ4v) is 3.03. The molecular weight excluding hydrogens is 306 g/mol. The summed E-state index contributed by atoms with van der Waals surface area (Å²) < 4.78 is 5.50. The van der Waals surface area contributed by atoms with Crippen molar-refractivity contribution < 1.29 is 9.21 Å². The smallest absolute Gasteiger partial charge is 0.226 e. The molecule has 0 aromatic carbocycles. The fraction of sp³-hybridized carbons (Fsp3) is 0.353. The molecule has 0 aliphatic carbocycles. The van der Waals surface area contributed by atoms with E-state index >= 15 is 0 Å². The van der Waals surface area contributed by atoms with Gasteiger partial charge in [-0.25, -0.2) is 0 Å². The maximum atomic E-state index is 12.1. The number of nitrogens with one attached hydrogen (secondary N) is 3. The predicted molar refractivity (Wildman–Crippen MR) is 88.7 cm³/mol. The molecule has 1 aliphatic rings. The Balaban J connectivity index is 1.82. The second kappa shape index (κ2) is 5.09. The van der Waals surface area contributed by atoms with Gasteiger partial charge in [0.15, 0.2) is 11.6 Å². The molecule has 1 aliphatic heterocycles. The van der Waals surface area contributed by atoms with Gasteiger partial charge in [-0.15, -0.1) is 0 Å². The Labute approximate surface area is 138 Å². The van der Waals surface area contributed by atoms with E-state index < -0.39 is 0 Å². The number of anilines is 1. The van der Waals surface area contributed by atoms with Gasteiger partial charge in [-0.3, -0.25) is 15.0 Å². The van der Waals surface area contributed by atoms with E-state index in [2.05, 4.69) is 46.5 Å². The Morgan fingerprint density at radius 1 is 1.25 bits per heavy atom. The van der Waals surface area contributed by atoms with Crippen molar-refractivity contribution in [3.8, 4) is 11.5 Å². The highest BCUT2D eigenvalue weighted by Gasteiger charge is 2.34. The number of aromatic amines is 2. The van der Waals surface area contributed by atoms with Crippen molar-refractivity contribution in [2.75, 3.05) is 5.32 Å². The van der Waals surface area contributed by atoms with Crippen molar-refractivity contribution in [1.29, 1.82) is 0 Å². The molecule has 3 aromatic rings. The number of carbonyl (C=O) groups is 1. The molecule has 7 heteroatoms. The number of rotatable bonds is 2. The number of carbonyl (C=O) groups excluding carboxylic acids is 1. The van der Waals surface area contributed by atoms with Gasteiger partial charge in [-0.05, 0) is 18.2 Å². The summed E-state index contributed by atoms with van der Waals surface area (Å²) in [5.41, 5.74) is 3.52. The molecule has 0 spiro atoms. The Bertz CT molecular complexity index is 883. The first-order valence-electron chi connectivity index (χ1n) is 7.91. The first-order valence-corrected chi connectivity index (χ1v) is 7.91. The summed E-state index contributed by atoms with van der Waals surface area (Å²) in [5, 5.41) is 17.6. The molecule has 7 nitrogen and oxygen atoms in total. The molecule has 1 amide bonds. The summed E-state index contributed by atoms with van der Waals surface area (Å²) in [4.78, 5) is 12.1. The molecular formula is C17H19N5O2. The van der Waals surface area contributed by atoms with Crippen LogP contribution in [0.1, 0.15) is 50.1 Å². The van der Waals surface area contributed by atoms with Gasteiger partial charge in [-0.2, -0.15) is 10.2 Å². The Kier molecular flexibility index (Phi) is 3.13. The third-order valence-electron chi connectivity index (χ3n) is 4.31. The summed E-state index contributed by atoms with van der Waals surface area (Å²) in [6, 6.07) is 5.73. The van der Waals surface area contributed by atoms with Crippen LogP contribution in [0, 0.1) is 0 Å². The number of fused-ring (bicyclic) bond motifs is 1. The highest BCUT2D eigenvalue weighted by atomic mass is 16.3. The summed E-state index contributed by atoms with van der Waals surface area (Å²) >= 11 is 0. The number of hydrogen-bond donors (Lipinski definition) is 3. The molecule has 0 saturated heterocycles. The van der Waals surface area contributed by atoms with E-state index in [4.69, 9.17) is 4.42 Å². The summed E-state index contributed by atoms with van der Waals surface area (Å²) in [6.07, 6.45) is 1.96. The fourth-order valence-electron chi connectivity index (χ4n) is 3.03. The molecule has 0 saturated carbocycles. The largest absolute Gasteiger partial charge is 0.463 e. The molecule has 24 heavy (non-hydrogen) atoms. The van der Waals surface area contributed by atoms with Crippen LogP contribution in [0.15, 0.2) is 28.9 Å². The zero-order chi connectivity index (χ0) is 16.9. The van der Waals surface area contributed by atoms with Crippen molar-refractivity contribution in [2.45, 2.75) is 38.5 Å². The van der Waals surface area contributed by atoms with E-state index in [1.807, 2.05) is 18.2 Å². The zero-order valence-electron chi connectivity index (χ0n) is 13.8. The molecule has 3 aromatic heterocycles. The zero-order valence-corrected chi connectivity index (χ0v) is 13.8. The number of aromatic nitrogens is 4. The van der Waals surface area contributed by atoms with Crippen LogP contribution in [0.25, 0.3) is 11.5 Å². The van der Waals surface area contributed by atoms with Crippen LogP contribution < -0.4 is 5.32 Å².